The van der Waals surface area contributed by atoms with Crippen LogP contribution >= 0.6 is 27.5 Å². The van der Waals surface area contributed by atoms with Crippen LogP contribution in [0.15, 0.2) is 22.7 Å². The Morgan fingerprint density at radius 3 is 2.60 bits per heavy atom. The SMILES string of the molecule is CC(C)(C)C1CCCC(Nc2cc(Cl)ccc2Br)CC1. The summed E-state index contributed by atoms with van der Waals surface area (Å²) in [5, 5.41) is 4.46. The fourth-order valence-corrected chi connectivity index (χ4v) is 3.67. The van der Waals surface area contributed by atoms with Crippen molar-refractivity contribution in [2.24, 2.45) is 11.3 Å². The average Bonchev–Trinajstić information content (AvgIpc) is 2.59. The van der Waals surface area contributed by atoms with Crippen LogP contribution in [0.1, 0.15) is 52.9 Å². The predicted octanol–water partition coefficient (Wildman–Crippen LogP) is 6.51. The van der Waals surface area contributed by atoms with E-state index >= 15 is 0 Å². The van der Waals surface area contributed by atoms with E-state index in [1.807, 2.05) is 18.2 Å². The average molecular weight is 359 g/mol. The normalized spacial score (nSPS) is 24.2. The highest BCUT2D eigenvalue weighted by atomic mass is 79.9. The minimum absolute atomic E-state index is 0.436. The molecule has 2 rings (SSSR count). The summed E-state index contributed by atoms with van der Waals surface area (Å²) in [6.45, 7) is 7.12. The quantitative estimate of drug-likeness (QED) is 0.594. The zero-order valence-electron chi connectivity index (χ0n) is 12.7. The van der Waals surface area contributed by atoms with Gasteiger partial charge in [-0.15, -0.1) is 0 Å². The number of benzene rings is 1. The Bertz CT molecular complexity index is 453. The lowest BCUT2D eigenvalue weighted by Crippen LogP contribution is -2.21. The first kappa shape index (κ1) is 16.2. The Kier molecular flexibility index (Phi) is 5.42. The number of anilines is 1. The Balaban J connectivity index is 1.99. The van der Waals surface area contributed by atoms with Gasteiger partial charge in [-0.3, -0.25) is 0 Å². The molecule has 3 heteroatoms. The number of halogens is 2. The van der Waals surface area contributed by atoms with Gasteiger partial charge >= 0.3 is 0 Å². The van der Waals surface area contributed by atoms with Crippen LogP contribution in [-0.2, 0) is 0 Å². The van der Waals surface area contributed by atoms with Gasteiger partial charge in [0.1, 0.15) is 0 Å². The second-order valence-corrected chi connectivity index (χ2v) is 8.33. The van der Waals surface area contributed by atoms with Gasteiger partial charge in [0.05, 0.1) is 5.69 Å². The summed E-state index contributed by atoms with van der Waals surface area (Å²) in [6, 6.07) is 6.51. The van der Waals surface area contributed by atoms with Crippen molar-refractivity contribution in [1.82, 2.24) is 0 Å². The summed E-state index contributed by atoms with van der Waals surface area (Å²) < 4.78 is 1.10. The van der Waals surface area contributed by atoms with E-state index in [4.69, 9.17) is 11.6 Å². The molecular formula is C17H25BrClN. The van der Waals surface area contributed by atoms with Crippen LogP contribution in [0.25, 0.3) is 0 Å². The number of rotatable bonds is 2. The highest BCUT2D eigenvalue weighted by molar-refractivity contribution is 9.10. The van der Waals surface area contributed by atoms with Gasteiger partial charge in [0, 0.05) is 15.5 Å². The molecular weight excluding hydrogens is 334 g/mol. The summed E-state index contributed by atoms with van der Waals surface area (Å²) in [4.78, 5) is 0. The molecule has 0 aliphatic heterocycles. The Morgan fingerprint density at radius 2 is 1.90 bits per heavy atom. The first-order valence-electron chi connectivity index (χ1n) is 7.58. The second-order valence-electron chi connectivity index (χ2n) is 7.04. The van der Waals surface area contributed by atoms with E-state index in [0.29, 0.717) is 11.5 Å². The Hall–Kier alpha value is -0.210. The van der Waals surface area contributed by atoms with Gasteiger partial charge in [-0.2, -0.15) is 0 Å². The molecule has 1 fully saturated rings. The second kappa shape index (κ2) is 6.70. The van der Waals surface area contributed by atoms with Crippen molar-refractivity contribution in [3.63, 3.8) is 0 Å². The molecule has 0 radical (unpaired) electrons. The molecule has 1 nitrogen and oxygen atoms in total. The Morgan fingerprint density at radius 1 is 1.15 bits per heavy atom. The van der Waals surface area contributed by atoms with E-state index in [1.54, 1.807) is 0 Å². The molecule has 0 spiro atoms. The van der Waals surface area contributed by atoms with Crippen molar-refractivity contribution in [2.75, 3.05) is 5.32 Å². The highest BCUT2D eigenvalue weighted by Gasteiger charge is 2.27. The molecule has 1 aromatic rings. The van der Waals surface area contributed by atoms with Crippen LogP contribution in [0.3, 0.4) is 0 Å². The zero-order chi connectivity index (χ0) is 14.8. The molecule has 0 bridgehead atoms. The number of nitrogens with one attached hydrogen (secondary N) is 1. The molecule has 1 aliphatic carbocycles. The molecule has 20 heavy (non-hydrogen) atoms. The minimum Gasteiger partial charge on any atom is -0.381 e. The first-order chi connectivity index (χ1) is 9.36. The molecule has 1 aliphatic rings. The molecule has 1 N–H and O–H groups in total. The maximum atomic E-state index is 6.09. The van der Waals surface area contributed by atoms with Gasteiger partial charge in [0.25, 0.3) is 0 Å². The summed E-state index contributed by atoms with van der Waals surface area (Å²) >= 11 is 9.69. The summed E-state index contributed by atoms with van der Waals surface area (Å²) in [6.07, 6.45) is 6.50. The van der Waals surface area contributed by atoms with Crippen LogP contribution in [0, 0.1) is 11.3 Å². The van der Waals surface area contributed by atoms with Crippen LogP contribution in [0.2, 0.25) is 5.02 Å². The van der Waals surface area contributed by atoms with Gasteiger partial charge in [-0.25, -0.2) is 0 Å². The van der Waals surface area contributed by atoms with Gasteiger partial charge in [-0.1, -0.05) is 38.8 Å². The lowest BCUT2D eigenvalue weighted by molar-refractivity contribution is 0.214. The van der Waals surface area contributed by atoms with Gasteiger partial charge < -0.3 is 5.32 Å². The lowest BCUT2D eigenvalue weighted by atomic mass is 9.76. The Labute approximate surface area is 136 Å². The van der Waals surface area contributed by atoms with E-state index < -0.39 is 0 Å². The van der Waals surface area contributed by atoms with Crippen molar-refractivity contribution in [1.29, 1.82) is 0 Å². The molecule has 0 heterocycles. The zero-order valence-corrected chi connectivity index (χ0v) is 15.0. The number of hydrogen-bond acceptors (Lipinski definition) is 1. The fourth-order valence-electron chi connectivity index (χ4n) is 3.14. The number of hydrogen-bond donors (Lipinski definition) is 1. The maximum absolute atomic E-state index is 6.09. The third-order valence-corrected chi connectivity index (χ3v) is 5.41. The van der Waals surface area contributed by atoms with Gasteiger partial charge in [0.2, 0.25) is 0 Å². The van der Waals surface area contributed by atoms with Crippen molar-refractivity contribution in [3.05, 3.63) is 27.7 Å². The van der Waals surface area contributed by atoms with E-state index in [9.17, 15) is 0 Å². The summed E-state index contributed by atoms with van der Waals surface area (Å²) in [7, 11) is 0. The van der Waals surface area contributed by atoms with Gasteiger partial charge in [-0.05, 0) is 71.1 Å². The maximum Gasteiger partial charge on any atom is 0.0501 e. The summed E-state index contributed by atoms with van der Waals surface area (Å²) in [5.41, 5.74) is 1.56. The third-order valence-electron chi connectivity index (χ3n) is 4.48. The first-order valence-corrected chi connectivity index (χ1v) is 8.75. The van der Waals surface area contributed by atoms with Crippen LogP contribution in [-0.4, -0.2) is 6.04 Å². The van der Waals surface area contributed by atoms with E-state index in [-0.39, 0.29) is 0 Å². The van der Waals surface area contributed by atoms with Crippen LogP contribution < -0.4 is 5.32 Å². The molecule has 112 valence electrons. The predicted molar refractivity (Wildman–Crippen MR) is 92.6 cm³/mol. The molecule has 2 atom stereocenters. The van der Waals surface area contributed by atoms with Crippen LogP contribution in [0.4, 0.5) is 5.69 Å². The van der Waals surface area contributed by atoms with E-state index in [0.717, 1.165) is 21.1 Å². The molecule has 0 saturated heterocycles. The van der Waals surface area contributed by atoms with Crippen molar-refractivity contribution in [2.45, 2.75) is 58.9 Å². The minimum atomic E-state index is 0.436. The van der Waals surface area contributed by atoms with Crippen molar-refractivity contribution < 1.29 is 0 Å². The molecule has 1 saturated carbocycles. The van der Waals surface area contributed by atoms with Crippen molar-refractivity contribution >= 4 is 33.2 Å². The standard InChI is InChI=1S/C17H25BrClN/c1-17(2,3)12-5-4-6-14(9-7-12)20-16-11-13(19)8-10-15(16)18/h8,10-12,14,20H,4-7,9H2,1-3H3. The van der Waals surface area contributed by atoms with E-state index in [2.05, 4.69) is 42.0 Å². The third kappa shape index (κ3) is 4.39. The smallest absolute Gasteiger partial charge is 0.0501 e. The van der Waals surface area contributed by atoms with Gasteiger partial charge in [0.15, 0.2) is 0 Å². The van der Waals surface area contributed by atoms with Crippen LogP contribution in [0.5, 0.6) is 0 Å². The monoisotopic (exact) mass is 357 g/mol. The topological polar surface area (TPSA) is 12.0 Å². The van der Waals surface area contributed by atoms with E-state index in [1.165, 1.54) is 32.1 Å². The highest BCUT2D eigenvalue weighted by Crippen LogP contribution is 2.38. The molecule has 0 aromatic heterocycles. The molecule has 1 aromatic carbocycles. The molecule has 2 unspecified atom stereocenters. The van der Waals surface area contributed by atoms with Crippen molar-refractivity contribution in [3.8, 4) is 0 Å². The molecule has 0 amide bonds. The summed E-state index contributed by atoms with van der Waals surface area (Å²) in [5.74, 6) is 0.845. The largest absolute Gasteiger partial charge is 0.381 e. The fraction of sp³-hybridized carbons (Fsp3) is 0.647. The lowest BCUT2D eigenvalue weighted by Gasteiger charge is -2.29.